The van der Waals surface area contributed by atoms with Crippen molar-refractivity contribution in [3.8, 4) is 5.75 Å². The van der Waals surface area contributed by atoms with E-state index in [1.807, 2.05) is 18.7 Å². The summed E-state index contributed by atoms with van der Waals surface area (Å²) in [6.07, 6.45) is 2.82. The monoisotopic (exact) mass is 395 g/mol. The van der Waals surface area contributed by atoms with Gasteiger partial charge in [0.05, 0.1) is 24.5 Å². The number of methoxy groups -OCH3 is 1. The zero-order chi connectivity index (χ0) is 18.8. The van der Waals surface area contributed by atoms with Crippen molar-refractivity contribution < 1.29 is 30.9 Å². The van der Waals surface area contributed by atoms with Crippen molar-refractivity contribution in [3.63, 3.8) is 0 Å². The summed E-state index contributed by atoms with van der Waals surface area (Å²) in [4.78, 5) is 10.3. The number of rotatable bonds is 6. The number of ether oxygens (including phenoxy) is 1. The number of allylic oxidation sites excluding steroid dienone is 1. The molecule has 1 aromatic carbocycles. The van der Waals surface area contributed by atoms with Crippen LogP contribution in [-0.4, -0.2) is 43.6 Å². The first-order valence-electron chi connectivity index (χ1n) is 8.15. The number of guanidine groups is 1. The van der Waals surface area contributed by atoms with Gasteiger partial charge in [-0.1, -0.05) is 22.3 Å². The predicted molar refractivity (Wildman–Crippen MR) is 97.3 cm³/mol. The van der Waals surface area contributed by atoms with Crippen LogP contribution >= 0.6 is 0 Å². The molecule has 0 radical (unpaired) electrons. The molecule has 6 nitrogen and oxygen atoms in total. The van der Waals surface area contributed by atoms with E-state index in [9.17, 15) is 8.78 Å². The topological polar surface area (TPSA) is 54.0 Å². The molecule has 0 aliphatic carbocycles. The molecule has 0 aromatic heterocycles. The van der Waals surface area contributed by atoms with Crippen molar-refractivity contribution in [2.24, 2.45) is 15.1 Å². The van der Waals surface area contributed by atoms with Gasteiger partial charge >= 0.3 is 5.96 Å². The fourth-order valence-corrected chi connectivity index (χ4v) is 2.94. The Morgan fingerprint density at radius 2 is 1.96 bits per heavy atom. The quantitative estimate of drug-likeness (QED) is 0.617. The van der Waals surface area contributed by atoms with Crippen molar-refractivity contribution in [1.82, 2.24) is 4.90 Å². The van der Waals surface area contributed by atoms with Crippen LogP contribution in [-0.2, 0) is 0 Å². The van der Waals surface area contributed by atoms with E-state index in [1.54, 1.807) is 0 Å². The van der Waals surface area contributed by atoms with E-state index in [1.165, 1.54) is 19.7 Å². The van der Waals surface area contributed by atoms with Crippen LogP contribution in [0.4, 0.5) is 8.78 Å². The van der Waals surface area contributed by atoms with Crippen LogP contribution < -0.4 is 22.2 Å². The van der Waals surface area contributed by atoms with Crippen LogP contribution in [0.15, 0.2) is 45.2 Å². The number of benzene rings is 1. The Kier molecular flexibility index (Phi) is 6.45. The molecule has 2 aliphatic heterocycles. The maximum atomic E-state index is 14.7. The van der Waals surface area contributed by atoms with Crippen molar-refractivity contribution >= 4 is 24.1 Å². The Hall–Kier alpha value is -2.58. The second-order valence-corrected chi connectivity index (χ2v) is 6.00. The first-order valence-corrected chi connectivity index (χ1v) is 8.15. The highest BCUT2D eigenvalue weighted by Crippen LogP contribution is 2.28. The maximum absolute atomic E-state index is 14.7. The number of nitrogens with zero attached hydrogens (tertiary/aromatic N) is 4. The Labute approximate surface area is 162 Å². The Morgan fingerprint density at radius 3 is 2.52 bits per heavy atom. The molecular weight excluding hydrogens is 376 g/mol. The number of aliphatic imine (C=N–C) groups is 2. The van der Waals surface area contributed by atoms with Crippen LogP contribution in [0.3, 0.4) is 0 Å². The van der Waals surface area contributed by atoms with Crippen molar-refractivity contribution in [2.45, 2.75) is 13.8 Å². The molecule has 1 N–H and O–H groups in total. The van der Waals surface area contributed by atoms with E-state index in [2.05, 4.69) is 21.7 Å². The van der Waals surface area contributed by atoms with Gasteiger partial charge in [0.1, 0.15) is 17.4 Å². The molecule has 0 spiro atoms. The van der Waals surface area contributed by atoms with Gasteiger partial charge in [-0.15, -0.1) is 0 Å². The second kappa shape index (κ2) is 8.41. The largest absolute Gasteiger partial charge is 1.00 e. The number of likely N-dealkylation sites (N-methyl/N-ethyl adjacent to an activating group) is 1. The number of hydrogen-bond acceptors (Lipinski definition) is 5. The Balaban J connectivity index is 0.00000261. The first kappa shape index (κ1) is 20.7. The molecule has 0 amide bonds. The summed E-state index contributed by atoms with van der Waals surface area (Å²) in [5.74, 6) is -0.328. The van der Waals surface area contributed by atoms with Crippen LogP contribution in [0.2, 0.25) is 0 Å². The maximum Gasteiger partial charge on any atom is 0.362 e. The van der Waals surface area contributed by atoms with E-state index in [-0.39, 0.29) is 23.7 Å². The molecule has 1 atom stereocenters. The van der Waals surface area contributed by atoms with Gasteiger partial charge in [0, 0.05) is 25.2 Å². The highest BCUT2D eigenvalue weighted by Gasteiger charge is 2.37. The lowest BCUT2D eigenvalue weighted by atomic mass is 10.0. The highest BCUT2D eigenvalue weighted by molar-refractivity contribution is 6.15. The minimum Gasteiger partial charge on any atom is -1.00 e. The summed E-state index contributed by atoms with van der Waals surface area (Å²) >= 11 is 0. The molecule has 3 rings (SSSR count). The summed E-state index contributed by atoms with van der Waals surface area (Å²) in [6, 6.07) is 2.30. The van der Waals surface area contributed by atoms with E-state index >= 15 is 0 Å². The van der Waals surface area contributed by atoms with Crippen molar-refractivity contribution in [1.29, 1.82) is 0 Å². The molecule has 144 valence electrons. The number of quaternary nitrogens is 1. The van der Waals surface area contributed by atoms with Gasteiger partial charge in [0.25, 0.3) is 0 Å². The minimum absolute atomic E-state index is 0. The zero-order valence-corrected chi connectivity index (χ0v) is 16.0. The zero-order valence-electron chi connectivity index (χ0n) is 15.3. The fraction of sp³-hybridized carbons (Fsp3) is 0.278. The SMILES string of the molecule is C=C(C)CN(CC)C1=C(c2c(F)cc(OC)cc2F)C=NC2=NC=N[NH+]21.[Cl-]. The first-order chi connectivity index (χ1) is 12.5. The lowest BCUT2D eigenvalue weighted by Crippen LogP contribution is -3.09. The van der Waals surface area contributed by atoms with Crippen molar-refractivity contribution in [2.75, 3.05) is 20.2 Å². The standard InChI is InChI=1S/C18H19F2N5O.ClH/c1-5-24(9-11(2)3)17-13(8-21-18-22-10-23-25(17)18)16-14(19)6-12(26-4)7-15(16)20;/h6-8,10H,2,5,9H2,1,3-4H3;1H. The second-order valence-electron chi connectivity index (χ2n) is 6.00. The third kappa shape index (κ3) is 3.91. The molecule has 1 unspecified atom stereocenters. The molecule has 0 bridgehead atoms. The number of nitrogens with one attached hydrogen (secondary N) is 1. The van der Waals surface area contributed by atoms with Gasteiger partial charge in [-0.3, -0.25) is 0 Å². The number of halogens is 3. The van der Waals surface area contributed by atoms with E-state index in [0.29, 0.717) is 35.5 Å². The molecule has 9 heteroatoms. The number of fused-ring (bicyclic) bond motifs is 1. The average molecular weight is 396 g/mol. The molecule has 2 heterocycles. The van der Waals surface area contributed by atoms with Crippen molar-refractivity contribution in [3.05, 3.63) is 47.3 Å². The van der Waals surface area contributed by atoms with Crippen LogP contribution in [0.5, 0.6) is 5.75 Å². The normalized spacial score (nSPS) is 17.4. The predicted octanol–water partition coefficient (Wildman–Crippen LogP) is -1.17. The summed E-state index contributed by atoms with van der Waals surface area (Å²) in [5.41, 5.74) is 1.06. The molecule has 27 heavy (non-hydrogen) atoms. The van der Waals surface area contributed by atoms with Gasteiger partial charge in [-0.25, -0.2) is 8.78 Å². The average Bonchev–Trinajstić information content (AvgIpc) is 3.07. The van der Waals surface area contributed by atoms with E-state index in [4.69, 9.17) is 4.74 Å². The molecule has 2 aliphatic rings. The molecule has 0 fully saturated rings. The van der Waals surface area contributed by atoms with E-state index in [0.717, 1.165) is 17.7 Å². The molecular formula is C18H20ClF2N5O. The molecule has 0 saturated carbocycles. The molecule has 1 aromatic rings. The summed E-state index contributed by atoms with van der Waals surface area (Å²) in [6.45, 7) is 8.91. The molecule has 0 saturated heterocycles. The smallest absolute Gasteiger partial charge is 0.362 e. The third-order valence-electron chi connectivity index (χ3n) is 4.05. The van der Waals surface area contributed by atoms with Crippen LogP contribution in [0.25, 0.3) is 5.57 Å². The van der Waals surface area contributed by atoms with Gasteiger partial charge in [-0.2, -0.15) is 9.98 Å². The lowest BCUT2D eigenvalue weighted by molar-refractivity contribution is -0.778. The van der Waals surface area contributed by atoms with Gasteiger partial charge in [-0.05, 0) is 13.8 Å². The van der Waals surface area contributed by atoms with Crippen LogP contribution in [0.1, 0.15) is 19.4 Å². The lowest BCUT2D eigenvalue weighted by Gasteiger charge is -2.29. The Bertz CT molecular complexity index is 855. The summed E-state index contributed by atoms with van der Waals surface area (Å²) in [7, 11) is 1.36. The fourth-order valence-electron chi connectivity index (χ4n) is 2.94. The highest BCUT2D eigenvalue weighted by atomic mass is 35.5. The third-order valence-corrected chi connectivity index (χ3v) is 4.05. The van der Waals surface area contributed by atoms with Gasteiger partial charge in [0.2, 0.25) is 5.82 Å². The summed E-state index contributed by atoms with van der Waals surface area (Å²) < 4.78 is 34.3. The van der Waals surface area contributed by atoms with E-state index < -0.39 is 11.6 Å². The Morgan fingerprint density at radius 1 is 1.30 bits per heavy atom. The minimum atomic E-state index is -0.727. The summed E-state index contributed by atoms with van der Waals surface area (Å²) in [5, 5.41) is 4.76. The van der Waals surface area contributed by atoms with Gasteiger partial charge in [0.15, 0.2) is 6.34 Å². The van der Waals surface area contributed by atoms with Crippen LogP contribution in [0, 0.1) is 11.6 Å². The number of hydrogen-bond donors (Lipinski definition) is 1. The van der Waals surface area contributed by atoms with Gasteiger partial charge < -0.3 is 22.0 Å².